The van der Waals surface area contributed by atoms with Gasteiger partial charge in [0.2, 0.25) is 10.0 Å². The molecular weight excluding hydrogens is 316 g/mol. The summed E-state index contributed by atoms with van der Waals surface area (Å²) in [5, 5.41) is 3.24. The first-order valence-electron chi connectivity index (χ1n) is 8.58. The van der Waals surface area contributed by atoms with Crippen LogP contribution in [-0.2, 0) is 14.8 Å². The normalized spacial score (nSPS) is 21.6. The molecule has 0 aromatic carbocycles. The lowest BCUT2D eigenvalue weighted by molar-refractivity contribution is 0.115. The first-order valence-corrected chi connectivity index (χ1v) is 10.2. The van der Waals surface area contributed by atoms with Crippen molar-refractivity contribution in [1.82, 2.24) is 14.5 Å². The number of sulfonamides is 1. The number of nitrogens with zero attached hydrogens (tertiary/aromatic N) is 3. The van der Waals surface area contributed by atoms with Gasteiger partial charge in [0.1, 0.15) is 0 Å². The summed E-state index contributed by atoms with van der Waals surface area (Å²) >= 11 is 0. The Labute approximate surface area is 140 Å². The predicted octanol–water partition coefficient (Wildman–Crippen LogP) is 0.346. The maximum absolute atomic E-state index is 11.8. The summed E-state index contributed by atoms with van der Waals surface area (Å²) < 4.78 is 30.7. The third-order valence-electron chi connectivity index (χ3n) is 4.13. The van der Waals surface area contributed by atoms with Crippen LogP contribution in [0, 0.1) is 5.92 Å². The molecular formula is C15H30N4O3S. The Morgan fingerprint density at radius 1 is 1.43 bits per heavy atom. The SMILES string of the molecule is CCNC(=NCCN1CCCS1(=O)=O)N(C)CCOCC1CC1. The molecule has 0 aromatic rings. The highest BCUT2D eigenvalue weighted by Crippen LogP contribution is 2.28. The minimum absolute atomic E-state index is 0.273. The Morgan fingerprint density at radius 3 is 2.83 bits per heavy atom. The van der Waals surface area contributed by atoms with Gasteiger partial charge in [0.25, 0.3) is 0 Å². The van der Waals surface area contributed by atoms with E-state index in [2.05, 4.69) is 10.3 Å². The van der Waals surface area contributed by atoms with Gasteiger partial charge in [-0.25, -0.2) is 12.7 Å². The number of aliphatic imine (C=N–C) groups is 1. The number of hydrogen-bond donors (Lipinski definition) is 1. The van der Waals surface area contributed by atoms with E-state index in [1.165, 1.54) is 12.8 Å². The third kappa shape index (κ3) is 6.27. The lowest BCUT2D eigenvalue weighted by Crippen LogP contribution is -2.41. The van der Waals surface area contributed by atoms with Crippen molar-refractivity contribution in [3.05, 3.63) is 0 Å². The topological polar surface area (TPSA) is 74.2 Å². The molecule has 23 heavy (non-hydrogen) atoms. The Balaban J connectivity index is 1.73. The molecule has 1 saturated heterocycles. The van der Waals surface area contributed by atoms with Crippen LogP contribution in [0.3, 0.4) is 0 Å². The van der Waals surface area contributed by atoms with Gasteiger partial charge in [-0.3, -0.25) is 4.99 Å². The van der Waals surface area contributed by atoms with Crippen LogP contribution in [0.25, 0.3) is 0 Å². The Morgan fingerprint density at radius 2 is 2.22 bits per heavy atom. The molecule has 0 radical (unpaired) electrons. The van der Waals surface area contributed by atoms with Crippen LogP contribution in [-0.4, -0.2) is 82.3 Å². The van der Waals surface area contributed by atoms with Crippen molar-refractivity contribution < 1.29 is 13.2 Å². The molecule has 1 saturated carbocycles. The van der Waals surface area contributed by atoms with E-state index in [4.69, 9.17) is 4.74 Å². The average Bonchev–Trinajstić information content (AvgIpc) is 3.27. The van der Waals surface area contributed by atoms with Gasteiger partial charge in [-0.05, 0) is 32.1 Å². The van der Waals surface area contributed by atoms with Crippen LogP contribution in [0.4, 0.5) is 0 Å². The first-order chi connectivity index (χ1) is 11.0. The molecule has 134 valence electrons. The molecule has 1 aliphatic heterocycles. The zero-order valence-electron chi connectivity index (χ0n) is 14.3. The van der Waals surface area contributed by atoms with Crippen LogP contribution in [0.2, 0.25) is 0 Å². The van der Waals surface area contributed by atoms with Crippen molar-refractivity contribution in [2.45, 2.75) is 26.2 Å². The van der Waals surface area contributed by atoms with Crippen molar-refractivity contribution in [1.29, 1.82) is 0 Å². The summed E-state index contributed by atoms with van der Waals surface area (Å²) in [6.07, 6.45) is 3.34. The van der Waals surface area contributed by atoms with E-state index in [1.807, 2.05) is 18.9 Å². The van der Waals surface area contributed by atoms with Gasteiger partial charge in [0.05, 0.1) is 18.9 Å². The number of likely N-dealkylation sites (N-methyl/N-ethyl adjacent to an activating group) is 1. The van der Waals surface area contributed by atoms with Crippen molar-refractivity contribution in [2.24, 2.45) is 10.9 Å². The molecule has 8 heteroatoms. The smallest absolute Gasteiger partial charge is 0.214 e. The molecule has 2 rings (SSSR count). The molecule has 1 heterocycles. The van der Waals surface area contributed by atoms with Crippen molar-refractivity contribution in [2.75, 3.05) is 58.7 Å². The van der Waals surface area contributed by atoms with Crippen LogP contribution in [0.5, 0.6) is 0 Å². The molecule has 1 aliphatic carbocycles. The molecule has 2 aliphatic rings. The van der Waals surface area contributed by atoms with E-state index in [-0.39, 0.29) is 5.75 Å². The van der Waals surface area contributed by atoms with E-state index in [0.717, 1.165) is 38.0 Å². The van der Waals surface area contributed by atoms with E-state index >= 15 is 0 Å². The largest absolute Gasteiger partial charge is 0.379 e. The summed E-state index contributed by atoms with van der Waals surface area (Å²) in [4.78, 5) is 6.57. The molecule has 0 bridgehead atoms. The fraction of sp³-hybridized carbons (Fsp3) is 0.933. The number of ether oxygens (including phenoxy) is 1. The number of guanidine groups is 1. The minimum Gasteiger partial charge on any atom is -0.379 e. The monoisotopic (exact) mass is 346 g/mol. The summed E-state index contributed by atoms with van der Waals surface area (Å²) in [7, 11) is -1.05. The molecule has 0 aromatic heterocycles. The van der Waals surface area contributed by atoms with Crippen LogP contribution in [0.1, 0.15) is 26.2 Å². The molecule has 2 fully saturated rings. The number of rotatable bonds is 9. The van der Waals surface area contributed by atoms with Gasteiger partial charge in [0, 0.05) is 39.8 Å². The van der Waals surface area contributed by atoms with Crippen LogP contribution < -0.4 is 5.32 Å². The van der Waals surface area contributed by atoms with Crippen LogP contribution in [0.15, 0.2) is 4.99 Å². The van der Waals surface area contributed by atoms with Gasteiger partial charge < -0.3 is 15.0 Å². The molecule has 1 N–H and O–H groups in total. The highest BCUT2D eigenvalue weighted by atomic mass is 32.2. The molecule has 0 spiro atoms. The van der Waals surface area contributed by atoms with Crippen molar-refractivity contribution >= 4 is 16.0 Å². The summed E-state index contributed by atoms with van der Waals surface area (Å²) in [6.45, 7) is 6.72. The summed E-state index contributed by atoms with van der Waals surface area (Å²) in [5.41, 5.74) is 0. The number of hydrogen-bond acceptors (Lipinski definition) is 4. The van der Waals surface area contributed by atoms with Gasteiger partial charge in [-0.1, -0.05) is 0 Å². The number of nitrogens with one attached hydrogen (secondary N) is 1. The second kappa shape index (κ2) is 8.84. The van der Waals surface area contributed by atoms with Crippen LogP contribution >= 0.6 is 0 Å². The van der Waals surface area contributed by atoms with Crippen molar-refractivity contribution in [3.8, 4) is 0 Å². The zero-order chi connectivity index (χ0) is 16.7. The van der Waals surface area contributed by atoms with Crippen molar-refractivity contribution in [3.63, 3.8) is 0 Å². The quantitative estimate of drug-likeness (QED) is 0.370. The molecule has 0 unspecified atom stereocenters. The predicted molar refractivity (Wildman–Crippen MR) is 92.1 cm³/mol. The first kappa shape index (κ1) is 18.5. The van der Waals surface area contributed by atoms with E-state index in [9.17, 15) is 8.42 Å². The summed E-state index contributed by atoms with van der Waals surface area (Å²) in [6, 6.07) is 0. The fourth-order valence-electron chi connectivity index (χ4n) is 2.52. The Hall–Kier alpha value is -0.860. The highest BCUT2D eigenvalue weighted by molar-refractivity contribution is 7.89. The average molecular weight is 346 g/mol. The second-order valence-corrected chi connectivity index (χ2v) is 8.33. The van der Waals surface area contributed by atoms with Gasteiger partial charge in [-0.2, -0.15) is 0 Å². The maximum Gasteiger partial charge on any atom is 0.214 e. The second-order valence-electron chi connectivity index (χ2n) is 6.24. The van der Waals surface area contributed by atoms with Gasteiger partial charge >= 0.3 is 0 Å². The molecule has 0 amide bonds. The zero-order valence-corrected chi connectivity index (χ0v) is 15.1. The Bertz CT molecular complexity index is 491. The molecule has 0 atom stereocenters. The highest BCUT2D eigenvalue weighted by Gasteiger charge is 2.27. The lowest BCUT2D eigenvalue weighted by Gasteiger charge is -2.22. The maximum atomic E-state index is 11.8. The fourth-order valence-corrected chi connectivity index (χ4v) is 4.04. The summed E-state index contributed by atoms with van der Waals surface area (Å²) in [5.74, 6) is 1.86. The standard InChI is InChI=1S/C15H30N4O3S/c1-3-16-15(18(2)10-11-22-13-14-5-6-14)17-7-9-19-8-4-12-23(19,20)21/h14H,3-13H2,1-2H3,(H,16,17). The van der Waals surface area contributed by atoms with E-state index in [0.29, 0.717) is 26.2 Å². The van der Waals surface area contributed by atoms with Gasteiger partial charge in [-0.15, -0.1) is 0 Å². The van der Waals surface area contributed by atoms with E-state index in [1.54, 1.807) is 4.31 Å². The Kier molecular flexibility index (Phi) is 7.10. The third-order valence-corrected chi connectivity index (χ3v) is 6.09. The van der Waals surface area contributed by atoms with E-state index < -0.39 is 10.0 Å². The molecule has 7 nitrogen and oxygen atoms in total. The minimum atomic E-state index is -3.03. The lowest BCUT2D eigenvalue weighted by atomic mass is 10.4. The van der Waals surface area contributed by atoms with Gasteiger partial charge in [0.15, 0.2) is 5.96 Å².